The number of hydrogen-bond donors (Lipinski definition) is 1. The molecule has 90 valence electrons. The molecule has 0 heterocycles. The SMILES string of the molecule is C[C@H](c1ccccc1)[C@H](CO)OS(C)(=O)=O. The van der Waals surface area contributed by atoms with Gasteiger partial charge < -0.3 is 5.11 Å². The Hall–Kier alpha value is -0.910. The van der Waals surface area contributed by atoms with Gasteiger partial charge in [0.15, 0.2) is 0 Å². The van der Waals surface area contributed by atoms with Crippen LogP contribution in [0.2, 0.25) is 0 Å². The summed E-state index contributed by atoms with van der Waals surface area (Å²) in [6.07, 6.45) is 0.241. The minimum absolute atomic E-state index is 0.180. The standard InChI is InChI=1S/C11H16O4S/c1-9(10-6-4-3-5-7-10)11(8-12)15-16(2,13)14/h3-7,9,11-12H,8H2,1-2H3/t9-,11+/m1/s1. The van der Waals surface area contributed by atoms with E-state index in [1.807, 2.05) is 37.3 Å². The van der Waals surface area contributed by atoms with Crippen LogP contribution < -0.4 is 0 Å². The molecule has 0 amide bonds. The minimum atomic E-state index is -3.55. The van der Waals surface area contributed by atoms with Gasteiger partial charge in [-0.3, -0.25) is 4.18 Å². The van der Waals surface area contributed by atoms with Gasteiger partial charge in [0.05, 0.1) is 12.9 Å². The van der Waals surface area contributed by atoms with Gasteiger partial charge in [-0.1, -0.05) is 37.3 Å². The Labute approximate surface area is 96.0 Å². The van der Waals surface area contributed by atoms with Crippen molar-refractivity contribution in [2.75, 3.05) is 12.9 Å². The van der Waals surface area contributed by atoms with Crippen molar-refractivity contribution in [3.8, 4) is 0 Å². The van der Waals surface area contributed by atoms with Gasteiger partial charge >= 0.3 is 0 Å². The molecule has 0 unspecified atom stereocenters. The summed E-state index contributed by atoms with van der Waals surface area (Å²) in [6.45, 7) is 1.49. The van der Waals surface area contributed by atoms with Gasteiger partial charge in [0, 0.05) is 5.92 Å². The number of aliphatic hydroxyl groups is 1. The van der Waals surface area contributed by atoms with Crippen molar-refractivity contribution < 1.29 is 17.7 Å². The summed E-state index contributed by atoms with van der Waals surface area (Å²) >= 11 is 0. The fraction of sp³-hybridized carbons (Fsp3) is 0.455. The second kappa shape index (κ2) is 5.43. The molecule has 0 bridgehead atoms. The molecule has 16 heavy (non-hydrogen) atoms. The van der Waals surface area contributed by atoms with E-state index in [4.69, 9.17) is 9.29 Å². The van der Waals surface area contributed by atoms with E-state index in [0.29, 0.717) is 0 Å². The van der Waals surface area contributed by atoms with Crippen LogP contribution >= 0.6 is 0 Å². The number of benzene rings is 1. The van der Waals surface area contributed by atoms with Crippen LogP contribution in [0.15, 0.2) is 30.3 Å². The Balaban J connectivity index is 2.82. The second-order valence-corrected chi connectivity index (χ2v) is 5.32. The summed E-state index contributed by atoms with van der Waals surface area (Å²) in [4.78, 5) is 0. The molecule has 5 heteroatoms. The van der Waals surface area contributed by atoms with Crippen molar-refractivity contribution >= 4 is 10.1 Å². The normalized spacial score (nSPS) is 15.7. The van der Waals surface area contributed by atoms with Crippen LogP contribution in [-0.2, 0) is 14.3 Å². The van der Waals surface area contributed by atoms with Crippen LogP contribution in [0.1, 0.15) is 18.4 Å². The van der Waals surface area contributed by atoms with E-state index in [9.17, 15) is 8.42 Å². The van der Waals surface area contributed by atoms with Gasteiger partial charge in [-0.25, -0.2) is 0 Å². The molecule has 0 aromatic heterocycles. The van der Waals surface area contributed by atoms with Crippen molar-refractivity contribution in [1.82, 2.24) is 0 Å². The van der Waals surface area contributed by atoms with Gasteiger partial charge in [0.1, 0.15) is 6.10 Å². The lowest BCUT2D eigenvalue weighted by molar-refractivity contribution is 0.104. The highest BCUT2D eigenvalue weighted by Gasteiger charge is 2.22. The van der Waals surface area contributed by atoms with E-state index in [2.05, 4.69) is 0 Å². The van der Waals surface area contributed by atoms with Gasteiger partial charge in [-0.2, -0.15) is 8.42 Å². The molecule has 0 aliphatic heterocycles. The monoisotopic (exact) mass is 244 g/mol. The van der Waals surface area contributed by atoms with Gasteiger partial charge in [-0.05, 0) is 5.56 Å². The summed E-state index contributed by atoms with van der Waals surface area (Å²) in [5.41, 5.74) is 0.935. The first kappa shape index (κ1) is 13.2. The van der Waals surface area contributed by atoms with Gasteiger partial charge in [-0.15, -0.1) is 0 Å². The molecule has 1 rings (SSSR count). The number of hydrogen-bond acceptors (Lipinski definition) is 4. The van der Waals surface area contributed by atoms with Crippen LogP contribution in [0.4, 0.5) is 0 Å². The molecule has 0 saturated heterocycles. The van der Waals surface area contributed by atoms with Gasteiger partial charge in [0.25, 0.3) is 10.1 Å². The van der Waals surface area contributed by atoms with Crippen molar-refractivity contribution in [2.45, 2.75) is 18.9 Å². The highest BCUT2D eigenvalue weighted by molar-refractivity contribution is 7.86. The summed E-state index contributed by atoms with van der Waals surface area (Å²) in [5, 5.41) is 9.13. The Bertz CT molecular complexity index is 413. The van der Waals surface area contributed by atoms with E-state index in [-0.39, 0.29) is 12.5 Å². The maximum Gasteiger partial charge on any atom is 0.264 e. The molecule has 0 saturated carbocycles. The van der Waals surface area contributed by atoms with Crippen LogP contribution in [0.3, 0.4) is 0 Å². The fourth-order valence-corrected chi connectivity index (χ4v) is 2.14. The number of aliphatic hydroxyl groups excluding tert-OH is 1. The quantitative estimate of drug-likeness (QED) is 0.789. The third-order valence-electron chi connectivity index (χ3n) is 2.36. The predicted octanol–water partition coefficient (Wildman–Crippen LogP) is 1.13. The predicted molar refractivity (Wildman–Crippen MR) is 61.7 cm³/mol. The minimum Gasteiger partial charge on any atom is -0.394 e. The smallest absolute Gasteiger partial charge is 0.264 e. The summed E-state index contributed by atoms with van der Waals surface area (Å²) < 4.78 is 26.8. The second-order valence-electron chi connectivity index (χ2n) is 3.72. The van der Waals surface area contributed by atoms with Crippen LogP contribution in [0, 0.1) is 0 Å². The summed E-state index contributed by atoms with van der Waals surface area (Å²) in [5.74, 6) is -0.180. The molecule has 4 nitrogen and oxygen atoms in total. The Morgan fingerprint density at radius 1 is 1.31 bits per heavy atom. The molecule has 1 N–H and O–H groups in total. The lowest BCUT2D eigenvalue weighted by Crippen LogP contribution is -2.27. The molecule has 0 radical (unpaired) electrons. The topological polar surface area (TPSA) is 63.6 Å². The van der Waals surface area contributed by atoms with Gasteiger partial charge in [0.2, 0.25) is 0 Å². The van der Waals surface area contributed by atoms with Crippen molar-refractivity contribution in [3.05, 3.63) is 35.9 Å². The highest BCUT2D eigenvalue weighted by Crippen LogP contribution is 2.21. The molecular weight excluding hydrogens is 228 g/mol. The molecule has 1 aromatic rings. The molecule has 0 aliphatic carbocycles. The fourth-order valence-electron chi connectivity index (χ4n) is 1.47. The molecule has 1 aromatic carbocycles. The third kappa shape index (κ3) is 3.92. The maximum absolute atomic E-state index is 11.0. The average molecular weight is 244 g/mol. The largest absolute Gasteiger partial charge is 0.394 e. The molecular formula is C11H16O4S. The van der Waals surface area contributed by atoms with Crippen LogP contribution in [-0.4, -0.2) is 32.5 Å². The molecule has 0 aliphatic rings. The Morgan fingerprint density at radius 3 is 2.31 bits per heavy atom. The third-order valence-corrected chi connectivity index (χ3v) is 2.96. The zero-order chi connectivity index (χ0) is 12.2. The maximum atomic E-state index is 11.0. The first-order chi connectivity index (χ1) is 7.44. The first-order valence-electron chi connectivity index (χ1n) is 4.98. The van der Waals surface area contributed by atoms with Crippen molar-refractivity contribution in [2.24, 2.45) is 0 Å². The molecule has 0 fully saturated rings. The first-order valence-corrected chi connectivity index (χ1v) is 6.79. The van der Waals surface area contributed by atoms with Crippen LogP contribution in [0.25, 0.3) is 0 Å². The number of rotatable bonds is 5. The lowest BCUT2D eigenvalue weighted by Gasteiger charge is -2.21. The zero-order valence-corrected chi connectivity index (χ0v) is 10.1. The average Bonchev–Trinajstić information content (AvgIpc) is 2.25. The molecule has 2 atom stereocenters. The summed E-state index contributed by atoms with van der Waals surface area (Å²) in [7, 11) is -3.55. The zero-order valence-electron chi connectivity index (χ0n) is 9.33. The van der Waals surface area contributed by atoms with E-state index >= 15 is 0 Å². The highest BCUT2D eigenvalue weighted by atomic mass is 32.2. The lowest BCUT2D eigenvalue weighted by atomic mass is 9.96. The Kier molecular flexibility index (Phi) is 4.46. The van der Waals surface area contributed by atoms with Crippen molar-refractivity contribution in [1.29, 1.82) is 0 Å². The van der Waals surface area contributed by atoms with Crippen LogP contribution in [0.5, 0.6) is 0 Å². The van der Waals surface area contributed by atoms with E-state index in [1.54, 1.807) is 0 Å². The molecule has 0 spiro atoms. The van der Waals surface area contributed by atoms with E-state index in [1.165, 1.54) is 0 Å². The van der Waals surface area contributed by atoms with E-state index < -0.39 is 16.2 Å². The summed E-state index contributed by atoms with van der Waals surface area (Å²) in [6, 6.07) is 9.35. The van der Waals surface area contributed by atoms with Crippen molar-refractivity contribution in [3.63, 3.8) is 0 Å². The Morgan fingerprint density at radius 2 is 1.88 bits per heavy atom. The van der Waals surface area contributed by atoms with E-state index in [0.717, 1.165) is 11.8 Å².